The Balaban J connectivity index is 1.41. The van der Waals surface area contributed by atoms with Crippen LogP contribution in [0, 0.1) is 0 Å². The molecule has 0 spiro atoms. The van der Waals surface area contributed by atoms with Crippen molar-refractivity contribution < 1.29 is 0 Å². The van der Waals surface area contributed by atoms with Crippen LogP contribution in [0.15, 0.2) is 60.9 Å². The Morgan fingerprint density at radius 3 is 2.48 bits per heavy atom. The molecule has 1 aromatic carbocycles. The maximum Gasteiger partial charge on any atom is 0.159 e. The lowest BCUT2D eigenvalue weighted by Crippen LogP contribution is -2.45. The zero-order valence-corrected chi connectivity index (χ0v) is 18.0. The number of thiophene rings is 1. The lowest BCUT2D eigenvalue weighted by atomic mass is 10.1. The average Bonchev–Trinajstić information content (AvgIpc) is 3.46. The number of fused-ring (bicyclic) bond motifs is 2. The number of imidazole rings is 1. The maximum absolute atomic E-state index is 4.70. The molecule has 154 valence electrons. The number of anilines is 1. The summed E-state index contributed by atoms with van der Waals surface area (Å²) in [5.74, 6) is 0.982. The summed E-state index contributed by atoms with van der Waals surface area (Å²) < 4.78 is 1.80. The van der Waals surface area contributed by atoms with Gasteiger partial charge in [-0.3, -0.25) is 0 Å². The smallest absolute Gasteiger partial charge is 0.159 e. The molecule has 31 heavy (non-hydrogen) atoms. The van der Waals surface area contributed by atoms with Gasteiger partial charge in [0.05, 0.1) is 16.0 Å². The van der Waals surface area contributed by atoms with Crippen LogP contribution in [-0.2, 0) is 0 Å². The van der Waals surface area contributed by atoms with E-state index in [0.717, 1.165) is 69.6 Å². The molecule has 0 amide bonds. The standard InChI is InChI=1S/C23H21N7S/c1-28-11-13-29(14-12-28)23-17-6-3-2-5-16(17)22(26-27-23)20-9-8-19(31-20)18-15-30-21(25-18)7-4-10-24-30/h2-10,15H,11-14H2,1H3. The van der Waals surface area contributed by atoms with Gasteiger partial charge >= 0.3 is 0 Å². The number of rotatable bonds is 3. The highest BCUT2D eigenvalue weighted by Gasteiger charge is 2.20. The van der Waals surface area contributed by atoms with Crippen molar-refractivity contribution in [2.24, 2.45) is 0 Å². The van der Waals surface area contributed by atoms with Crippen LogP contribution in [0.4, 0.5) is 5.82 Å². The summed E-state index contributed by atoms with van der Waals surface area (Å²) in [6.07, 6.45) is 3.73. The Labute approximate surface area is 183 Å². The van der Waals surface area contributed by atoms with Crippen LogP contribution < -0.4 is 4.90 Å². The van der Waals surface area contributed by atoms with E-state index in [4.69, 9.17) is 4.98 Å². The van der Waals surface area contributed by atoms with Gasteiger partial charge in [-0.05, 0) is 31.3 Å². The van der Waals surface area contributed by atoms with Crippen molar-refractivity contribution in [3.05, 3.63) is 60.9 Å². The Bertz CT molecular complexity index is 1350. The predicted octanol–water partition coefficient (Wildman–Crippen LogP) is 3.82. The van der Waals surface area contributed by atoms with E-state index in [-0.39, 0.29) is 0 Å². The summed E-state index contributed by atoms with van der Waals surface area (Å²) in [6.45, 7) is 4.03. The molecule has 8 heteroatoms. The van der Waals surface area contributed by atoms with Crippen molar-refractivity contribution in [3.63, 3.8) is 0 Å². The van der Waals surface area contributed by atoms with Crippen LogP contribution in [0.1, 0.15) is 0 Å². The first kappa shape index (κ1) is 18.4. The van der Waals surface area contributed by atoms with Gasteiger partial charge < -0.3 is 9.80 Å². The highest BCUT2D eigenvalue weighted by molar-refractivity contribution is 7.18. The van der Waals surface area contributed by atoms with E-state index in [2.05, 4.69) is 68.5 Å². The number of hydrogen-bond acceptors (Lipinski definition) is 7. The molecule has 5 heterocycles. The summed E-state index contributed by atoms with van der Waals surface area (Å²) >= 11 is 1.68. The third-order valence-electron chi connectivity index (χ3n) is 5.80. The summed E-state index contributed by atoms with van der Waals surface area (Å²) in [5, 5.41) is 16.0. The van der Waals surface area contributed by atoms with Crippen LogP contribution in [-0.4, -0.2) is 62.9 Å². The first-order chi connectivity index (χ1) is 15.3. The molecule has 1 aliphatic rings. The molecule has 5 aromatic rings. The largest absolute Gasteiger partial charge is 0.352 e. The van der Waals surface area contributed by atoms with Crippen LogP contribution in [0.2, 0.25) is 0 Å². The van der Waals surface area contributed by atoms with Crippen LogP contribution in [0.3, 0.4) is 0 Å². The van der Waals surface area contributed by atoms with Gasteiger partial charge in [-0.1, -0.05) is 24.3 Å². The molecule has 0 bridgehead atoms. The van der Waals surface area contributed by atoms with Crippen molar-refractivity contribution in [1.82, 2.24) is 29.7 Å². The molecular weight excluding hydrogens is 406 g/mol. The van der Waals surface area contributed by atoms with Gasteiger partial charge in [0.15, 0.2) is 11.5 Å². The molecule has 0 N–H and O–H groups in total. The molecule has 0 unspecified atom stereocenters. The maximum atomic E-state index is 4.70. The Morgan fingerprint density at radius 2 is 1.65 bits per heavy atom. The molecule has 0 atom stereocenters. The van der Waals surface area contributed by atoms with E-state index in [1.54, 1.807) is 22.0 Å². The van der Waals surface area contributed by atoms with E-state index in [0.29, 0.717) is 0 Å². The first-order valence-electron chi connectivity index (χ1n) is 10.4. The number of aromatic nitrogens is 5. The van der Waals surface area contributed by atoms with Gasteiger partial charge in [0.2, 0.25) is 0 Å². The molecule has 7 nitrogen and oxygen atoms in total. The summed E-state index contributed by atoms with van der Waals surface area (Å²) in [5.41, 5.74) is 2.68. The number of nitrogens with zero attached hydrogens (tertiary/aromatic N) is 7. The van der Waals surface area contributed by atoms with E-state index in [1.807, 2.05) is 18.3 Å². The van der Waals surface area contributed by atoms with Gasteiger partial charge in [-0.2, -0.15) is 5.10 Å². The fourth-order valence-corrected chi connectivity index (χ4v) is 5.04. The molecule has 4 aromatic heterocycles. The molecule has 0 aliphatic carbocycles. The van der Waals surface area contributed by atoms with Gasteiger partial charge in [-0.25, -0.2) is 9.50 Å². The lowest BCUT2D eigenvalue weighted by molar-refractivity contribution is 0.312. The monoisotopic (exact) mass is 427 g/mol. The quantitative estimate of drug-likeness (QED) is 0.436. The SMILES string of the molecule is CN1CCN(c2nnc(-c3ccc(-c4cn5ncccc5n4)s3)c3ccccc23)CC1. The zero-order chi connectivity index (χ0) is 20.8. The molecule has 1 saturated heterocycles. The van der Waals surface area contributed by atoms with E-state index in [1.165, 1.54) is 0 Å². The summed E-state index contributed by atoms with van der Waals surface area (Å²) in [4.78, 5) is 11.6. The summed E-state index contributed by atoms with van der Waals surface area (Å²) in [7, 11) is 2.16. The molecule has 1 aliphatic heterocycles. The van der Waals surface area contributed by atoms with Crippen molar-refractivity contribution in [2.45, 2.75) is 0 Å². The average molecular weight is 428 g/mol. The van der Waals surface area contributed by atoms with Crippen molar-refractivity contribution in [2.75, 3.05) is 38.1 Å². The Morgan fingerprint density at radius 1 is 0.839 bits per heavy atom. The first-order valence-corrected chi connectivity index (χ1v) is 11.2. The van der Waals surface area contributed by atoms with Crippen LogP contribution in [0.25, 0.3) is 37.6 Å². The minimum atomic E-state index is 0.842. The fourth-order valence-electron chi connectivity index (χ4n) is 4.08. The third kappa shape index (κ3) is 3.24. The minimum Gasteiger partial charge on any atom is -0.352 e. The van der Waals surface area contributed by atoms with E-state index >= 15 is 0 Å². The molecule has 0 radical (unpaired) electrons. The van der Waals surface area contributed by atoms with Crippen LogP contribution in [0.5, 0.6) is 0 Å². The predicted molar refractivity (Wildman–Crippen MR) is 125 cm³/mol. The zero-order valence-electron chi connectivity index (χ0n) is 17.1. The summed E-state index contributed by atoms with van der Waals surface area (Å²) in [6, 6.07) is 16.5. The Kier molecular flexibility index (Phi) is 4.40. The topological polar surface area (TPSA) is 62.5 Å². The Hall–Kier alpha value is -3.36. The minimum absolute atomic E-state index is 0.842. The third-order valence-corrected chi connectivity index (χ3v) is 6.91. The number of likely N-dealkylation sites (N-methyl/N-ethyl adjacent to an activating group) is 1. The van der Waals surface area contributed by atoms with Crippen molar-refractivity contribution in [1.29, 1.82) is 0 Å². The molecule has 1 fully saturated rings. The number of benzene rings is 1. The highest BCUT2D eigenvalue weighted by atomic mass is 32.1. The second kappa shape index (κ2) is 7.40. The number of hydrogen-bond donors (Lipinski definition) is 0. The van der Waals surface area contributed by atoms with E-state index in [9.17, 15) is 0 Å². The van der Waals surface area contributed by atoms with Gasteiger partial charge in [-0.15, -0.1) is 21.5 Å². The van der Waals surface area contributed by atoms with Gasteiger partial charge in [0.1, 0.15) is 11.4 Å². The second-order valence-electron chi connectivity index (χ2n) is 7.82. The number of piperazine rings is 1. The van der Waals surface area contributed by atoms with E-state index < -0.39 is 0 Å². The van der Waals surface area contributed by atoms with Crippen molar-refractivity contribution >= 4 is 33.6 Å². The fraction of sp³-hybridized carbons (Fsp3) is 0.217. The van der Waals surface area contributed by atoms with Crippen molar-refractivity contribution in [3.8, 4) is 21.1 Å². The van der Waals surface area contributed by atoms with Gasteiger partial charge in [0, 0.05) is 43.1 Å². The molecular formula is C23H21N7S. The van der Waals surface area contributed by atoms with Crippen LogP contribution >= 0.6 is 11.3 Å². The molecule has 0 saturated carbocycles. The van der Waals surface area contributed by atoms with Gasteiger partial charge in [0.25, 0.3) is 0 Å². The normalized spacial score (nSPS) is 15.2. The molecule has 6 rings (SSSR count). The highest BCUT2D eigenvalue weighted by Crippen LogP contribution is 2.37. The lowest BCUT2D eigenvalue weighted by Gasteiger charge is -2.33. The second-order valence-corrected chi connectivity index (χ2v) is 8.91.